The van der Waals surface area contributed by atoms with Gasteiger partial charge in [-0.2, -0.15) is 5.10 Å². The van der Waals surface area contributed by atoms with Crippen LogP contribution >= 0.6 is 6.57 Å². The van der Waals surface area contributed by atoms with E-state index in [1.54, 1.807) is 4.78 Å². The summed E-state index contributed by atoms with van der Waals surface area (Å²) in [6.07, 6.45) is 0. The molecule has 0 fully saturated rings. The molecule has 7 heteroatoms. The van der Waals surface area contributed by atoms with E-state index in [0.717, 1.165) is 17.1 Å². The molecule has 0 saturated carbocycles. The second kappa shape index (κ2) is 6.08. The normalized spacial score (nSPS) is 21.9. The van der Waals surface area contributed by atoms with E-state index in [4.69, 9.17) is 16.3 Å². The summed E-state index contributed by atoms with van der Waals surface area (Å²) in [5.74, 6) is 1.49. The van der Waals surface area contributed by atoms with Crippen LogP contribution in [0.2, 0.25) is 0 Å². The van der Waals surface area contributed by atoms with Crippen LogP contribution in [0.5, 0.6) is 5.75 Å². The lowest BCUT2D eigenvalue weighted by molar-refractivity contribution is 0.348. The van der Waals surface area contributed by atoms with E-state index in [1.165, 1.54) is 0 Å². The summed E-state index contributed by atoms with van der Waals surface area (Å²) in [5, 5.41) is 4.57. The predicted molar refractivity (Wildman–Crippen MR) is 93.0 cm³/mol. The molecular weight excluding hydrogens is 315 g/mol. The van der Waals surface area contributed by atoms with Gasteiger partial charge in [-0.1, -0.05) is 48.5 Å². The fourth-order valence-electron chi connectivity index (χ4n) is 2.09. The van der Waals surface area contributed by atoms with Crippen molar-refractivity contribution in [3.8, 4) is 5.75 Å². The number of nitrogens with zero attached hydrogens (tertiary/aromatic N) is 3. The van der Waals surface area contributed by atoms with Gasteiger partial charge >= 0.3 is 6.57 Å². The van der Waals surface area contributed by atoms with Gasteiger partial charge in [-0.3, -0.25) is 5.43 Å². The SMILES string of the molecule is CN1N=C(c2ccccc2)NN(C)P1(=S)Oc1ccccc1. The Hall–Kier alpha value is -1.88. The van der Waals surface area contributed by atoms with E-state index in [2.05, 4.69) is 10.5 Å². The smallest absolute Gasteiger partial charge is 0.312 e. The Morgan fingerprint density at radius 1 is 1.00 bits per heavy atom. The van der Waals surface area contributed by atoms with E-state index in [9.17, 15) is 0 Å². The molecule has 22 heavy (non-hydrogen) atoms. The van der Waals surface area contributed by atoms with Gasteiger partial charge < -0.3 is 4.52 Å². The third-order valence-corrected chi connectivity index (χ3v) is 7.07. The van der Waals surface area contributed by atoms with Gasteiger partial charge in [0.15, 0.2) is 5.84 Å². The minimum atomic E-state index is -2.47. The largest absolute Gasteiger partial charge is 0.435 e. The fourth-order valence-corrected chi connectivity index (χ4v) is 4.03. The van der Waals surface area contributed by atoms with E-state index >= 15 is 0 Å². The maximum atomic E-state index is 6.06. The lowest BCUT2D eigenvalue weighted by atomic mass is 10.2. The van der Waals surface area contributed by atoms with Crippen LogP contribution < -0.4 is 9.95 Å². The summed E-state index contributed by atoms with van der Waals surface area (Å²) < 4.78 is 9.64. The number of para-hydroxylation sites is 1. The van der Waals surface area contributed by atoms with Crippen LogP contribution in [-0.2, 0) is 11.8 Å². The fraction of sp³-hybridized carbons (Fsp3) is 0.133. The van der Waals surface area contributed by atoms with Crippen molar-refractivity contribution in [2.45, 2.75) is 0 Å². The van der Waals surface area contributed by atoms with Crippen LogP contribution in [0.15, 0.2) is 65.8 Å². The van der Waals surface area contributed by atoms with Crippen molar-refractivity contribution >= 4 is 24.2 Å². The molecular formula is C15H17N4OPS. The molecule has 1 atom stereocenters. The van der Waals surface area contributed by atoms with Gasteiger partial charge in [-0.05, 0) is 23.9 Å². The number of benzene rings is 2. The van der Waals surface area contributed by atoms with Crippen molar-refractivity contribution in [2.75, 3.05) is 14.1 Å². The van der Waals surface area contributed by atoms with Crippen molar-refractivity contribution in [2.24, 2.45) is 5.10 Å². The average molecular weight is 332 g/mol. The molecule has 0 aromatic heterocycles. The van der Waals surface area contributed by atoms with Crippen LogP contribution in [0.3, 0.4) is 0 Å². The number of hydrazone groups is 1. The molecule has 0 aliphatic carbocycles. The van der Waals surface area contributed by atoms with E-state index in [0.29, 0.717) is 0 Å². The Kier molecular flexibility index (Phi) is 4.16. The van der Waals surface area contributed by atoms with E-state index < -0.39 is 6.57 Å². The zero-order chi connectivity index (χ0) is 15.6. The van der Waals surface area contributed by atoms with E-state index in [-0.39, 0.29) is 0 Å². The highest BCUT2D eigenvalue weighted by Crippen LogP contribution is 2.53. The molecule has 0 amide bonds. The maximum absolute atomic E-state index is 6.06. The average Bonchev–Trinajstić information content (AvgIpc) is 2.54. The summed E-state index contributed by atoms with van der Waals surface area (Å²) >= 11 is 5.75. The second-order valence-electron chi connectivity index (χ2n) is 4.83. The molecule has 0 saturated heterocycles. The van der Waals surface area contributed by atoms with Crippen LogP contribution in [0, 0.1) is 0 Å². The molecule has 1 unspecified atom stereocenters. The number of hydrogen-bond acceptors (Lipinski definition) is 4. The number of rotatable bonds is 3. The summed E-state index contributed by atoms with van der Waals surface area (Å²) in [6, 6.07) is 19.5. The van der Waals surface area contributed by atoms with Crippen molar-refractivity contribution in [1.29, 1.82) is 0 Å². The highest BCUT2D eigenvalue weighted by molar-refractivity contribution is 8.10. The van der Waals surface area contributed by atoms with Crippen LogP contribution in [-0.4, -0.2) is 29.5 Å². The number of hydrogen-bond donors (Lipinski definition) is 1. The number of amidine groups is 1. The summed E-state index contributed by atoms with van der Waals surface area (Å²) in [4.78, 5) is 0. The van der Waals surface area contributed by atoms with Gasteiger partial charge in [0.2, 0.25) is 0 Å². The van der Waals surface area contributed by atoms with Crippen molar-refractivity contribution in [3.05, 3.63) is 66.2 Å². The van der Waals surface area contributed by atoms with Gasteiger partial charge in [0.25, 0.3) is 0 Å². The van der Waals surface area contributed by atoms with Crippen LogP contribution in [0.1, 0.15) is 5.56 Å². The number of hydrazine groups is 1. The minimum Gasteiger partial charge on any atom is -0.435 e. The van der Waals surface area contributed by atoms with Crippen molar-refractivity contribution in [1.82, 2.24) is 15.0 Å². The summed E-state index contributed by atoms with van der Waals surface area (Å²) in [5.41, 5.74) is 4.24. The standard InChI is InChI=1S/C15H17N4OPS/c1-18-16-15(13-9-5-3-6-10-13)17-19(2)21(18,22)20-14-11-7-4-8-12-14/h3-12H,1-2H3,(H,16,17). The monoisotopic (exact) mass is 332 g/mol. The predicted octanol–water partition coefficient (Wildman–Crippen LogP) is 3.03. The highest BCUT2D eigenvalue weighted by Gasteiger charge is 2.35. The van der Waals surface area contributed by atoms with Crippen LogP contribution in [0.4, 0.5) is 0 Å². The first-order valence-corrected chi connectivity index (χ1v) is 9.46. The Morgan fingerprint density at radius 3 is 2.18 bits per heavy atom. The topological polar surface area (TPSA) is 40.1 Å². The summed E-state index contributed by atoms with van der Waals surface area (Å²) in [6.45, 7) is -2.47. The molecule has 114 valence electrons. The zero-order valence-electron chi connectivity index (χ0n) is 12.4. The Labute approximate surface area is 135 Å². The van der Waals surface area contributed by atoms with Gasteiger partial charge in [0.1, 0.15) is 5.75 Å². The molecule has 0 spiro atoms. The molecule has 2 aromatic carbocycles. The molecule has 0 bridgehead atoms. The van der Waals surface area contributed by atoms with Gasteiger partial charge in [0.05, 0.1) is 0 Å². The first-order valence-electron chi connectivity index (χ1n) is 6.83. The third-order valence-electron chi connectivity index (χ3n) is 3.27. The first kappa shape index (κ1) is 15.0. The molecule has 5 nitrogen and oxygen atoms in total. The van der Waals surface area contributed by atoms with Gasteiger partial charge in [-0.15, -0.1) is 4.78 Å². The molecule has 3 rings (SSSR count). The Morgan fingerprint density at radius 2 is 1.59 bits per heavy atom. The third kappa shape index (κ3) is 2.86. The zero-order valence-corrected chi connectivity index (χ0v) is 14.1. The molecule has 1 N–H and O–H groups in total. The molecule has 1 aliphatic rings. The minimum absolute atomic E-state index is 0.740. The molecule has 1 aliphatic heterocycles. The Balaban J connectivity index is 1.89. The lowest BCUT2D eigenvalue weighted by Crippen LogP contribution is -2.46. The Bertz CT molecular complexity index is 723. The molecule has 1 heterocycles. The van der Waals surface area contributed by atoms with Crippen molar-refractivity contribution in [3.63, 3.8) is 0 Å². The first-order chi connectivity index (χ1) is 10.6. The lowest BCUT2D eigenvalue weighted by Gasteiger charge is -2.40. The van der Waals surface area contributed by atoms with Crippen LogP contribution in [0.25, 0.3) is 0 Å². The summed E-state index contributed by atoms with van der Waals surface area (Å²) in [7, 11) is 3.74. The van der Waals surface area contributed by atoms with Gasteiger partial charge in [-0.25, -0.2) is 4.78 Å². The molecule has 2 aromatic rings. The van der Waals surface area contributed by atoms with Crippen molar-refractivity contribution < 1.29 is 4.52 Å². The highest BCUT2D eigenvalue weighted by atomic mass is 32.5. The quantitative estimate of drug-likeness (QED) is 0.875. The second-order valence-corrected chi connectivity index (χ2v) is 8.60. The maximum Gasteiger partial charge on any atom is 0.312 e. The van der Waals surface area contributed by atoms with E-state index in [1.807, 2.05) is 79.5 Å². The number of nitrogens with one attached hydrogen (secondary N) is 1. The molecule has 0 radical (unpaired) electrons. The van der Waals surface area contributed by atoms with Gasteiger partial charge in [0, 0.05) is 19.7 Å².